The normalized spacial score (nSPS) is 12.8. The van der Waals surface area contributed by atoms with E-state index in [1.807, 2.05) is 18.2 Å². The Morgan fingerprint density at radius 3 is 2.25 bits per heavy atom. The molecule has 0 fully saturated rings. The minimum absolute atomic E-state index is 0.0403. The molecule has 0 heterocycles. The molecule has 1 aromatic carbocycles. The highest BCUT2D eigenvalue weighted by molar-refractivity contribution is 5.73. The molecular formula is C19H29NO4. The smallest absolute Gasteiger partial charge is 0.407 e. The summed E-state index contributed by atoms with van der Waals surface area (Å²) in [5, 5.41) is 11.9. The lowest BCUT2D eigenvalue weighted by Gasteiger charge is -2.21. The van der Waals surface area contributed by atoms with Crippen LogP contribution in [0.3, 0.4) is 0 Å². The second-order valence-electron chi connectivity index (χ2n) is 7.54. The van der Waals surface area contributed by atoms with Crippen molar-refractivity contribution in [3.63, 3.8) is 0 Å². The zero-order valence-corrected chi connectivity index (χ0v) is 15.3. The minimum atomic E-state index is -0.930. The fraction of sp³-hybridized carbons (Fsp3) is 0.579. The molecule has 0 saturated carbocycles. The number of carboxylic acid groups (broad SMARTS) is 1. The molecule has 1 amide bonds. The summed E-state index contributed by atoms with van der Waals surface area (Å²) in [6, 6.07) is 7.97. The summed E-state index contributed by atoms with van der Waals surface area (Å²) >= 11 is 0. The van der Waals surface area contributed by atoms with Gasteiger partial charge in [-0.2, -0.15) is 0 Å². The molecule has 0 aliphatic heterocycles. The molecule has 0 saturated heterocycles. The molecule has 2 N–H and O–H groups in total. The molecule has 5 nitrogen and oxygen atoms in total. The molecule has 1 atom stereocenters. The first-order valence-corrected chi connectivity index (χ1v) is 8.34. The van der Waals surface area contributed by atoms with E-state index in [4.69, 9.17) is 4.74 Å². The van der Waals surface area contributed by atoms with Gasteiger partial charge in [-0.25, -0.2) is 4.79 Å². The number of amides is 1. The highest BCUT2D eigenvalue weighted by atomic mass is 16.6. The summed E-state index contributed by atoms with van der Waals surface area (Å²) in [4.78, 5) is 23.2. The number of alkyl carbamates (subject to hydrolysis) is 1. The summed E-state index contributed by atoms with van der Waals surface area (Å²) in [6.07, 6.45) is 0.737. The van der Waals surface area contributed by atoms with Crippen LogP contribution in [0.25, 0.3) is 0 Å². The predicted octanol–water partition coefficient (Wildman–Crippen LogP) is 3.65. The summed E-state index contributed by atoms with van der Waals surface area (Å²) in [5.74, 6) is -1.07. The summed E-state index contributed by atoms with van der Waals surface area (Å²) in [5.41, 5.74) is 1.56. The van der Waals surface area contributed by atoms with E-state index in [0.29, 0.717) is 12.3 Å². The number of rotatable bonds is 7. The van der Waals surface area contributed by atoms with Gasteiger partial charge in [-0.1, -0.05) is 38.1 Å². The maximum atomic E-state index is 11.7. The van der Waals surface area contributed by atoms with Crippen LogP contribution in [0.5, 0.6) is 0 Å². The molecule has 0 bridgehead atoms. The van der Waals surface area contributed by atoms with Crippen LogP contribution in [0.15, 0.2) is 24.3 Å². The highest BCUT2D eigenvalue weighted by Gasteiger charge is 2.21. The number of nitrogens with one attached hydrogen (secondary N) is 1. The van der Waals surface area contributed by atoms with E-state index in [-0.39, 0.29) is 6.54 Å². The third-order valence-corrected chi connectivity index (χ3v) is 3.36. The Kier molecular flexibility index (Phi) is 7.26. The molecule has 5 heteroatoms. The van der Waals surface area contributed by atoms with Gasteiger partial charge in [0, 0.05) is 6.54 Å². The SMILES string of the molecule is CC(C)Cc1cccc(C[C@@H](CNC(=O)OC(C)(C)C)C(=O)O)c1. The van der Waals surface area contributed by atoms with Gasteiger partial charge in [-0.3, -0.25) is 4.79 Å². The Morgan fingerprint density at radius 1 is 1.17 bits per heavy atom. The molecular weight excluding hydrogens is 306 g/mol. The molecule has 1 aromatic rings. The molecule has 134 valence electrons. The Bertz CT molecular complexity index is 561. The molecule has 0 aliphatic rings. The quantitative estimate of drug-likeness (QED) is 0.797. The van der Waals surface area contributed by atoms with Crippen LogP contribution >= 0.6 is 0 Å². The maximum absolute atomic E-state index is 11.7. The van der Waals surface area contributed by atoms with Gasteiger partial charge in [0.25, 0.3) is 0 Å². The third kappa shape index (κ3) is 7.99. The van der Waals surface area contributed by atoms with Crippen LogP contribution in [0.1, 0.15) is 45.7 Å². The largest absolute Gasteiger partial charge is 0.481 e. The Morgan fingerprint density at radius 2 is 1.75 bits per heavy atom. The van der Waals surface area contributed by atoms with Crippen molar-refractivity contribution < 1.29 is 19.4 Å². The first-order valence-electron chi connectivity index (χ1n) is 8.34. The molecule has 0 aliphatic carbocycles. The lowest BCUT2D eigenvalue weighted by atomic mass is 9.95. The fourth-order valence-electron chi connectivity index (χ4n) is 2.41. The fourth-order valence-corrected chi connectivity index (χ4v) is 2.41. The Balaban J connectivity index is 2.66. The molecule has 0 spiro atoms. The maximum Gasteiger partial charge on any atom is 0.407 e. The van der Waals surface area contributed by atoms with Crippen LogP contribution in [-0.4, -0.2) is 29.3 Å². The van der Waals surface area contributed by atoms with E-state index in [1.165, 1.54) is 5.56 Å². The second kappa shape index (κ2) is 8.71. The number of carbonyl (C=O) groups is 2. The van der Waals surface area contributed by atoms with E-state index in [0.717, 1.165) is 12.0 Å². The second-order valence-corrected chi connectivity index (χ2v) is 7.54. The number of carboxylic acids is 1. The van der Waals surface area contributed by atoms with Crippen LogP contribution < -0.4 is 5.32 Å². The van der Waals surface area contributed by atoms with Crippen molar-refractivity contribution >= 4 is 12.1 Å². The van der Waals surface area contributed by atoms with Gasteiger partial charge < -0.3 is 15.2 Å². The molecule has 0 unspecified atom stereocenters. The number of hydrogen-bond acceptors (Lipinski definition) is 3. The van der Waals surface area contributed by atoms with Crippen molar-refractivity contribution in [3.8, 4) is 0 Å². The van der Waals surface area contributed by atoms with E-state index in [1.54, 1.807) is 20.8 Å². The van der Waals surface area contributed by atoms with Crippen LogP contribution in [0.2, 0.25) is 0 Å². The average molecular weight is 335 g/mol. The van der Waals surface area contributed by atoms with Crippen molar-refractivity contribution in [1.29, 1.82) is 0 Å². The van der Waals surface area contributed by atoms with Gasteiger partial charge in [0.15, 0.2) is 0 Å². The number of carbonyl (C=O) groups excluding carboxylic acids is 1. The highest BCUT2D eigenvalue weighted by Crippen LogP contribution is 2.15. The lowest BCUT2D eigenvalue weighted by Crippen LogP contribution is -2.37. The van der Waals surface area contributed by atoms with Crippen LogP contribution in [-0.2, 0) is 22.4 Å². The van der Waals surface area contributed by atoms with Gasteiger partial charge in [0.05, 0.1) is 5.92 Å². The minimum Gasteiger partial charge on any atom is -0.481 e. The topological polar surface area (TPSA) is 75.6 Å². The predicted molar refractivity (Wildman–Crippen MR) is 94.1 cm³/mol. The van der Waals surface area contributed by atoms with Crippen molar-refractivity contribution in [2.75, 3.05) is 6.54 Å². The molecule has 0 aromatic heterocycles. The number of aliphatic carboxylic acids is 1. The van der Waals surface area contributed by atoms with Gasteiger partial charge in [0.2, 0.25) is 0 Å². The summed E-state index contributed by atoms with van der Waals surface area (Å²) < 4.78 is 5.14. The standard InChI is InChI=1S/C19H29NO4/c1-13(2)9-14-7-6-8-15(10-14)11-16(17(21)22)12-20-18(23)24-19(3,4)5/h6-8,10,13,16H,9,11-12H2,1-5H3,(H,20,23)(H,21,22)/t16-/m0/s1. The van der Waals surface area contributed by atoms with Crippen LogP contribution in [0.4, 0.5) is 4.79 Å². The first kappa shape index (κ1) is 20.0. The van der Waals surface area contributed by atoms with E-state index >= 15 is 0 Å². The lowest BCUT2D eigenvalue weighted by molar-refractivity contribution is -0.141. The number of ether oxygens (including phenoxy) is 1. The van der Waals surface area contributed by atoms with Crippen molar-refractivity contribution in [3.05, 3.63) is 35.4 Å². The van der Waals surface area contributed by atoms with Gasteiger partial charge in [-0.05, 0) is 50.7 Å². The molecule has 1 rings (SSSR count). The monoisotopic (exact) mass is 335 g/mol. The summed E-state index contributed by atoms with van der Waals surface area (Å²) in [6.45, 7) is 9.64. The van der Waals surface area contributed by atoms with Gasteiger partial charge >= 0.3 is 12.1 Å². The summed E-state index contributed by atoms with van der Waals surface area (Å²) in [7, 11) is 0. The Hall–Kier alpha value is -2.04. The third-order valence-electron chi connectivity index (χ3n) is 3.36. The zero-order valence-electron chi connectivity index (χ0n) is 15.3. The van der Waals surface area contributed by atoms with Crippen molar-refractivity contribution in [1.82, 2.24) is 5.32 Å². The molecule has 24 heavy (non-hydrogen) atoms. The first-order chi connectivity index (χ1) is 11.1. The van der Waals surface area contributed by atoms with Crippen molar-refractivity contribution in [2.24, 2.45) is 11.8 Å². The average Bonchev–Trinajstić information content (AvgIpc) is 2.40. The van der Waals surface area contributed by atoms with E-state index < -0.39 is 23.6 Å². The van der Waals surface area contributed by atoms with Gasteiger partial charge in [-0.15, -0.1) is 0 Å². The van der Waals surface area contributed by atoms with Crippen LogP contribution in [0, 0.1) is 11.8 Å². The van der Waals surface area contributed by atoms with Crippen molar-refractivity contribution in [2.45, 2.75) is 53.1 Å². The van der Waals surface area contributed by atoms with E-state index in [2.05, 4.69) is 25.2 Å². The molecule has 0 radical (unpaired) electrons. The van der Waals surface area contributed by atoms with E-state index in [9.17, 15) is 14.7 Å². The zero-order chi connectivity index (χ0) is 18.3. The Labute approximate surface area is 144 Å². The van der Waals surface area contributed by atoms with Gasteiger partial charge in [0.1, 0.15) is 5.60 Å². The number of hydrogen-bond donors (Lipinski definition) is 2. The number of benzene rings is 1.